The fourth-order valence-corrected chi connectivity index (χ4v) is 3.96. The van der Waals surface area contributed by atoms with Crippen LogP contribution in [0, 0.1) is 0 Å². The van der Waals surface area contributed by atoms with Crippen LogP contribution in [0.3, 0.4) is 0 Å². The molecule has 218 valence electrons. The number of aromatic nitrogens is 1. The first-order chi connectivity index (χ1) is 19.1. The molecule has 1 saturated heterocycles. The SMILES string of the molecule is C=CCCC.CCC.CCc1ccc(CNCc2ccccn2)cc1.CCc1ccccc1N1CCNCC1.[HH].[HH]. The molecule has 1 fully saturated rings. The number of hydrogen-bond acceptors (Lipinski definition) is 4. The van der Waals surface area contributed by atoms with E-state index in [1.165, 1.54) is 35.2 Å². The summed E-state index contributed by atoms with van der Waals surface area (Å²) < 4.78 is 0. The molecule has 0 saturated carbocycles. The molecule has 4 heteroatoms. The molecule has 2 heterocycles. The number of anilines is 1. The van der Waals surface area contributed by atoms with Crippen LogP contribution in [0.4, 0.5) is 5.69 Å². The summed E-state index contributed by atoms with van der Waals surface area (Å²) in [5.74, 6) is 0. The number of unbranched alkanes of at least 4 members (excludes halogenated alkanes) is 1. The molecule has 0 spiro atoms. The molecular weight excluding hydrogens is 476 g/mol. The van der Waals surface area contributed by atoms with Gasteiger partial charge in [0.25, 0.3) is 0 Å². The third kappa shape index (κ3) is 15.3. The topological polar surface area (TPSA) is 40.2 Å². The highest BCUT2D eigenvalue weighted by Crippen LogP contribution is 2.20. The minimum absolute atomic E-state index is 0. The maximum absolute atomic E-state index is 4.27. The average molecular weight is 535 g/mol. The van der Waals surface area contributed by atoms with Gasteiger partial charge in [0.1, 0.15) is 0 Å². The summed E-state index contributed by atoms with van der Waals surface area (Å²) in [6, 6.07) is 23.5. The van der Waals surface area contributed by atoms with E-state index in [9.17, 15) is 0 Å². The lowest BCUT2D eigenvalue weighted by Gasteiger charge is -2.31. The van der Waals surface area contributed by atoms with Crippen LogP contribution >= 0.6 is 0 Å². The molecule has 1 aliphatic rings. The molecule has 39 heavy (non-hydrogen) atoms. The highest BCUT2D eigenvalue weighted by atomic mass is 15.2. The summed E-state index contributed by atoms with van der Waals surface area (Å²) in [5, 5.41) is 6.77. The average Bonchev–Trinajstić information content (AvgIpc) is 3.00. The van der Waals surface area contributed by atoms with Crippen molar-refractivity contribution >= 4 is 5.69 Å². The second-order valence-electron chi connectivity index (χ2n) is 9.60. The van der Waals surface area contributed by atoms with Crippen molar-refractivity contribution in [2.45, 2.75) is 79.8 Å². The van der Waals surface area contributed by atoms with Gasteiger partial charge in [-0.15, -0.1) is 6.58 Å². The molecule has 3 aromatic rings. The van der Waals surface area contributed by atoms with E-state index in [4.69, 9.17) is 0 Å². The Morgan fingerprint density at radius 2 is 1.49 bits per heavy atom. The van der Waals surface area contributed by atoms with Crippen LogP contribution in [0.25, 0.3) is 0 Å². The lowest BCUT2D eigenvalue weighted by atomic mass is 10.1. The Balaban J connectivity index is 0. The number of piperazine rings is 1. The van der Waals surface area contributed by atoms with Crippen LogP contribution in [0.15, 0.2) is 85.6 Å². The van der Waals surface area contributed by atoms with Crippen molar-refractivity contribution in [2.24, 2.45) is 0 Å². The van der Waals surface area contributed by atoms with Crippen molar-refractivity contribution < 1.29 is 2.85 Å². The molecule has 2 aromatic carbocycles. The Morgan fingerprint density at radius 3 is 2.03 bits per heavy atom. The number of para-hydroxylation sites is 1. The van der Waals surface area contributed by atoms with Gasteiger partial charge in [-0.3, -0.25) is 4.98 Å². The summed E-state index contributed by atoms with van der Waals surface area (Å²) in [6.07, 6.45) is 9.61. The van der Waals surface area contributed by atoms with Crippen LogP contribution in [0.2, 0.25) is 0 Å². The van der Waals surface area contributed by atoms with Gasteiger partial charge in [0.2, 0.25) is 0 Å². The summed E-state index contributed by atoms with van der Waals surface area (Å²) in [4.78, 5) is 6.76. The molecule has 0 unspecified atom stereocenters. The minimum atomic E-state index is 0. The van der Waals surface area contributed by atoms with E-state index in [0.717, 1.165) is 64.2 Å². The van der Waals surface area contributed by atoms with Crippen molar-refractivity contribution in [1.82, 2.24) is 15.6 Å². The lowest BCUT2D eigenvalue weighted by Crippen LogP contribution is -2.43. The molecule has 0 radical (unpaired) electrons. The summed E-state index contributed by atoms with van der Waals surface area (Å²) >= 11 is 0. The first-order valence-corrected chi connectivity index (χ1v) is 15.0. The standard InChI is InChI=1S/C15H18N2.C12H18N2.C5H10.C3H8.2H2/c1-2-13-6-8-14(9-7-13)11-16-12-15-5-3-4-10-17-15;1-2-11-5-3-4-6-12(11)14-9-7-13-8-10-14;1-3-5-4-2;1-3-2;;/h3-10,16H,2,11-12H2,1H3;3-6,13H,2,7-10H2,1H3;3H,1,4-5H2,2H3;3H2,1-2H3;2*1H. The van der Waals surface area contributed by atoms with Crippen molar-refractivity contribution in [1.29, 1.82) is 0 Å². The van der Waals surface area contributed by atoms with Crippen molar-refractivity contribution in [3.8, 4) is 0 Å². The fraction of sp³-hybridized carbons (Fsp3) is 0.457. The van der Waals surface area contributed by atoms with E-state index in [1.807, 2.05) is 30.5 Å². The summed E-state index contributed by atoms with van der Waals surface area (Å²) in [5.41, 5.74) is 6.68. The zero-order chi connectivity index (χ0) is 28.6. The lowest BCUT2D eigenvalue weighted by molar-refractivity contribution is 0.588. The van der Waals surface area contributed by atoms with Gasteiger partial charge in [-0.2, -0.15) is 0 Å². The van der Waals surface area contributed by atoms with Crippen LogP contribution in [-0.2, 0) is 25.9 Å². The van der Waals surface area contributed by atoms with E-state index in [1.54, 1.807) is 0 Å². The highest BCUT2D eigenvalue weighted by Gasteiger charge is 2.12. The van der Waals surface area contributed by atoms with Gasteiger partial charge in [0, 0.05) is 54.0 Å². The largest absolute Gasteiger partial charge is 0.369 e. The number of hydrogen-bond donors (Lipinski definition) is 2. The number of allylic oxidation sites excluding steroid dienone is 1. The van der Waals surface area contributed by atoms with Gasteiger partial charge < -0.3 is 15.5 Å². The van der Waals surface area contributed by atoms with E-state index >= 15 is 0 Å². The first-order valence-electron chi connectivity index (χ1n) is 15.0. The van der Waals surface area contributed by atoms with Crippen LogP contribution in [-0.4, -0.2) is 31.2 Å². The smallest absolute Gasteiger partial charge is 0.0541 e. The molecule has 0 atom stereocenters. The number of benzene rings is 2. The van der Waals surface area contributed by atoms with Crippen molar-refractivity contribution in [3.63, 3.8) is 0 Å². The van der Waals surface area contributed by atoms with Crippen LogP contribution < -0.4 is 15.5 Å². The highest BCUT2D eigenvalue weighted by molar-refractivity contribution is 5.54. The number of pyridine rings is 1. The Labute approximate surface area is 242 Å². The molecule has 4 nitrogen and oxygen atoms in total. The van der Waals surface area contributed by atoms with Crippen molar-refractivity contribution in [3.05, 3.63) is 108 Å². The Bertz CT molecular complexity index is 975. The maximum Gasteiger partial charge on any atom is 0.0541 e. The minimum Gasteiger partial charge on any atom is -0.369 e. The number of rotatable bonds is 9. The predicted molar refractivity (Wildman–Crippen MR) is 177 cm³/mol. The van der Waals surface area contributed by atoms with Gasteiger partial charge in [-0.25, -0.2) is 0 Å². The summed E-state index contributed by atoms with van der Waals surface area (Å²) in [6.45, 7) is 20.5. The van der Waals surface area contributed by atoms with Crippen LogP contribution in [0.5, 0.6) is 0 Å². The summed E-state index contributed by atoms with van der Waals surface area (Å²) in [7, 11) is 0. The third-order valence-corrected chi connectivity index (χ3v) is 6.12. The number of nitrogens with zero attached hydrogens (tertiary/aromatic N) is 2. The molecule has 1 aromatic heterocycles. The van der Waals surface area contributed by atoms with Gasteiger partial charge in [0.05, 0.1) is 5.69 Å². The molecule has 0 bridgehead atoms. The van der Waals surface area contributed by atoms with Gasteiger partial charge in [-0.05, 0) is 54.2 Å². The van der Waals surface area contributed by atoms with Gasteiger partial charge in [0.15, 0.2) is 0 Å². The van der Waals surface area contributed by atoms with E-state index in [0.29, 0.717) is 0 Å². The number of aryl methyl sites for hydroxylation is 2. The monoisotopic (exact) mass is 534 g/mol. The normalized spacial score (nSPS) is 12.1. The molecule has 1 aliphatic heterocycles. The third-order valence-electron chi connectivity index (χ3n) is 6.12. The Morgan fingerprint density at radius 1 is 0.846 bits per heavy atom. The predicted octanol–water partition coefficient (Wildman–Crippen LogP) is 8.47. The zero-order valence-electron chi connectivity index (χ0n) is 25.4. The molecule has 0 aliphatic carbocycles. The molecular formula is C35H58N4. The first kappa shape index (κ1) is 34.1. The molecule has 4 rings (SSSR count). The number of nitrogens with one attached hydrogen (secondary N) is 2. The fourth-order valence-electron chi connectivity index (χ4n) is 3.96. The van der Waals surface area contributed by atoms with Gasteiger partial charge >= 0.3 is 0 Å². The van der Waals surface area contributed by atoms with E-state index in [2.05, 4.69) is 110 Å². The van der Waals surface area contributed by atoms with E-state index in [-0.39, 0.29) is 2.85 Å². The zero-order valence-corrected chi connectivity index (χ0v) is 25.4. The van der Waals surface area contributed by atoms with Crippen LogP contribution in [0.1, 0.15) is 79.1 Å². The van der Waals surface area contributed by atoms with Crippen molar-refractivity contribution in [2.75, 3.05) is 31.1 Å². The molecule has 0 amide bonds. The Kier molecular flexibility index (Phi) is 20.1. The maximum atomic E-state index is 4.27. The Hall–Kier alpha value is -2.95. The second kappa shape index (κ2) is 23.0. The van der Waals surface area contributed by atoms with E-state index < -0.39 is 0 Å². The quantitative estimate of drug-likeness (QED) is 0.270. The molecule has 2 N–H and O–H groups in total. The van der Waals surface area contributed by atoms with Gasteiger partial charge in [-0.1, -0.05) is 102 Å². The second-order valence-corrected chi connectivity index (χ2v) is 9.60.